The number of benzene rings is 1. The van der Waals surface area contributed by atoms with Crippen LogP contribution in [0, 0.1) is 0 Å². The van der Waals surface area contributed by atoms with E-state index in [-0.39, 0.29) is 0 Å². The van der Waals surface area contributed by atoms with E-state index < -0.39 is 0 Å². The summed E-state index contributed by atoms with van der Waals surface area (Å²) < 4.78 is 10.7. The Kier molecular flexibility index (Phi) is 5.15. The lowest BCUT2D eigenvalue weighted by Gasteiger charge is -2.33. The van der Waals surface area contributed by atoms with Gasteiger partial charge in [-0.25, -0.2) is 4.98 Å². The van der Waals surface area contributed by atoms with Crippen molar-refractivity contribution in [3.8, 4) is 11.5 Å². The van der Waals surface area contributed by atoms with Crippen molar-refractivity contribution >= 4 is 12.0 Å². The number of pyridine rings is 1. The summed E-state index contributed by atoms with van der Waals surface area (Å²) in [5.41, 5.74) is 0.906. The van der Waals surface area contributed by atoms with E-state index in [2.05, 4.69) is 20.0 Å². The molecule has 3 rings (SSSR count). The summed E-state index contributed by atoms with van der Waals surface area (Å²) in [5.74, 6) is 2.44. The molecule has 1 aromatic heterocycles. The van der Waals surface area contributed by atoms with Crippen molar-refractivity contribution in [2.45, 2.75) is 0 Å². The Morgan fingerprint density at radius 3 is 2.50 bits per heavy atom. The summed E-state index contributed by atoms with van der Waals surface area (Å²) in [4.78, 5) is 6.68. The number of anilines is 1. The maximum absolute atomic E-state index is 5.43. The van der Waals surface area contributed by atoms with Crippen molar-refractivity contribution in [1.82, 2.24) is 9.99 Å². The van der Waals surface area contributed by atoms with Gasteiger partial charge in [0.2, 0.25) is 0 Å². The Hall–Kier alpha value is -2.76. The molecule has 0 N–H and O–H groups in total. The number of methoxy groups -OCH3 is 2. The smallest absolute Gasteiger partial charge is 0.169 e. The summed E-state index contributed by atoms with van der Waals surface area (Å²) >= 11 is 0. The fourth-order valence-corrected chi connectivity index (χ4v) is 2.74. The summed E-state index contributed by atoms with van der Waals surface area (Å²) in [6.45, 7) is 3.53. The van der Waals surface area contributed by atoms with E-state index in [1.165, 1.54) is 0 Å². The third kappa shape index (κ3) is 3.59. The number of aromatic nitrogens is 1. The molecule has 6 heteroatoms. The average Bonchev–Trinajstić information content (AvgIpc) is 2.67. The van der Waals surface area contributed by atoms with Crippen LogP contribution in [0.3, 0.4) is 0 Å². The minimum absolute atomic E-state index is 0.705. The van der Waals surface area contributed by atoms with Gasteiger partial charge in [0.25, 0.3) is 0 Å². The maximum Gasteiger partial charge on any atom is 0.169 e. The van der Waals surface area contributed by atoms with Crippen molar-refractivity contribution in [3.05, 3.63) is 48.2 Å². The van der Waals surface area contributed by atoms with Crippen molar-refractivity contribution in [1.29, 1.82) is 0 Å². The van der Waals surface area contributed by atoms with E-state index in [0.717, 1.165) is 37.6 Å². The standard InChI is InChI=1S/C18H22N4O2/c1-23-16-7-5-6-15(18(16)24-2)14-20-22-12-10-21(11-13-22)17-8-3-4-9-19-17/h3-9,14H,10-13H2,1-2H3. The first-order valence-corrected chi connectivity index (χ1v) is 7.97. The van der Waals surface area contributed by atoms with Gasteiger partial charge in [-0.05, 0) is 24.3 Å². The van der Waals surface area contributed by atoms with Crippen molar-refractivity contribution < 1.29 is 9.47 Å². The highest BCUT2D eigenvalue weighted by atomic mass is 16.5. The maximum atomic E-state index is 5.43. The van der Waals surface area contributed by atoms with Crippen LogP contribution in [0.25, 0.3) is 0 Å². The van der Waals surface area contributed by atoms with E-state index in [1.54, 1.807) is 14.2 Å². The topological polar surface area (TPSA) is 50.2 Å². The lowest BCUT2D eigenvalue weighted by atomic mass is 10.2. The SMILES string of the molecule is COc1cccc(C=NN2CCN(c3ccccn3)CC2)c1OC. The molecule has 1 aliphatic heterocycles. The molecule has 0 aliphatic carbocycles. The second-order valence-electron chi connectivity index (χ2n) is 5.46. The monoisotopic (exact) mass is 326 g/mol. The molecule has 0 amide bonds. The predicted octanol–water partition coefficient (Wildman–Crippen LogP) is 2.25. The number of hydrazone groups is 1. The fraction of sp³-hybridized carbons (Fsp3) is 0.333. The molecule has 2 aromatic rings. The lowest BCUT2D eigenvalue weighted by Crippen LogP contribution is -2.44. The summed E-state index contributed by atoms with van der Waals surface area (Å²) in [5, 5.41) is 6.66. The van der Waals surface area contributed by atoms with Gasteiger partial charge in [-0.15, -0.1) is 0 Å². The molecule has 0 saturated carbocycles. The second-order valence-corrected chi connectivity index (χ2v) is 5.46. The Balaban J connectivity index is 1.63. The second kappa shape index (κ2) is 7.68. The molecule has 2 heterocycles. The number of ether oxygens (including phenoxy) is 2. The van der Waals surface area contributed by atoms with Gasteiger partial charge in [0, 0.05) is 24.8 Å². The highest BCUT2D eigenvalue weighted by molar-refractivity contribution is 5.84. The first-order valence-electron chi connectivity index (χ1n) is 7.97. The molecule has 0 unspecified atom stereocenters. The summed E-state index contributed by atoms with van der Waals surface area (Å²) in [7, 11) is 3.27. The highest BCUT2D eigenvalue weighted by Crippen LogP contribution is 2.29. The number of nitrogens with zero attached hydrogens (tertiary/aromatic N) is 4. The average molecular weight is 326 g/mol. The van der Waals surface area contributed by atoms with Gasteiger partial charge in [-0.3, -0.25) is 5.01 Å². The Bertz CT molecular complexity index is 683. The Morgan fingerprint density at radius 1 is 1.00 bits per heavy atom. The zero-order valence-corrected chi connectivity index (χ0v) is 14.1. The number of para-hydroxylation sites is 1. The third-order valence-corrected chi connectivity index (χ3v) is 4.02. The van der Waals surface area contributed by atoms with Crippen molar-refractivity contribution in [3.63, 3.8) is 0 Å². The molecule has 0 radical (unpaired) electrons. The predicted molar refractivity (Wildman–Crippen MR) is 95.2 cm³/mol. The Labute approximate surface area is 142 Å². The Morgan fingerprint density at radius 2 is 1.83 bits per heavy atom. The molecular formula is C18H22N4O2. The zero-order chi connectivity index (χ0) is 16.8. The third-order valence-electron chi connectivity index (χ3n) is 4.02. The van der Waals surface area contributed by atoms with Crippen LogP contribution >= 0.6 is 0 Å². The minimum atomic E-state index is 0.705. The van der Waals surface area contributed by atoms with E-state index in [0.29, 0.717) is 11.5 Å². The molecule has 0 bridgehead atoms. The molecule has 6 nitrogen and oxygen atoms in total. The van der Waals surface area contributed by atoms with Crippen LogP contribution < -0.4 is 14.4 Å². The molecular weight excluding hydrogens is 304 g/mol. The van der Waals surface area contributed by atoms with E-state index in [4.69, 9.17) is 9.47 Å². The number of hydrogen-bond donors (Lipinski definition) is 0. The van der Waals surface area contributed by atoms with Crippen molar-refractivity contribution in [2.24, 2.45) is 5.10 Å². The molecule has 24 heavy (non-hydrogen) atoms. The molecule has 1 aliphatic rings. The van der Waals surface area contributed by atoms with E-state index >= 15 is 0 Å². The quantitative estimate of drug-likeness (QED) is 0.789. The molecule has 0 atom stereocenters. The molecule has 1 saturated heterocycles. The summed E-state index contributed by atoms with van der Waals surface area (Å²) in [6, 6.07) is 11.8. The van der Waals surface area contributed by atoms with Gasteiger partial charge < -0.3 is 14.4 Å². The van der Waals surface area contributed by atoms with Crippen LogP contribution in [0.1, 0.15) is 5.56 Å². The van der Waals surface area contributed by atoms with E-state index in [1.807, 2.05) is 48.8 Å². The fourth-order valence-electron chi connectivity index (χ4n) is 2.74. The molecule has 0 spiro atoms. The minimum Gasteiger partial charge on any atom is -0.493 e. The van der Waals surface area contributed by atoms with Gasteiger partial charge >= 0.3 is 0 Å². The van der Waals surface area contributed by atoms with Crippen LogP contribution in [0.15, 0.2) is 47.7 Å². The summed E-state index contributed by atoms with van der Waals surface area (Å²) in [6.07, 6.45) is 3.66. The van der Waals surface area contributed by atoms with Gasteiger partial charge in [0.05, 0.1) is 33.5 Å². The largest absolute Gasteiger partial charge is 0.493 e. The number of hydrogen-bond acceptors (Lipinski definition) is 6. The number of rotatable bonds is 5. The number of piperazine rings is 1. The molecule has 1 aromatic carbocycles. The first kappa shape index (κ1) is 16.1. The van der Waals surface area contributed by atoms with Crippen LogP contribution in [0.2, 0.25) is 0 Å². The van der Waals surface area contributed by atoms with Crippen molar-refractivity contribution in [2.75, 3.05) is 45.3 Å². The van der Waals surface area contributed by atoms with Gasteiger partial charge in [0.15, 0.2) is 11.5 Å². The van der Waals surface area contributed by atoms with Crippen LogP contribution in [-0.2, 0) is 0 Å². The molecule has 1 fully saturated rings. The highest BCUT2D eigenvalue weighted by Gasteiger charge is 2.16. The molecule has 126 valence electrons. The van der Waals surface area contributed by atoms with Gasteiger partial charge in [-0.1, -0.05) is 12.1 Å². The van der Waals surface area contributed by atoms with E-state index in [9.17, 15) is 0 Å². The van der Waals surface area contributed by atoms with Crippen LogP contribution in [0.5, 0.6) is 11.5 Å². The first-order chi connectivity index (χ1) is 11.8. The van der Waals surface area contributed by atoms with Gasteiger partial charge in [0.1, 0.15) is 5.82 Å². The zero-order valence-electron chi connectivity index (χ0n) is 14.1. The normalized spacial score (nSPS) is 14.9. The van der Waals surface area contributed by atoms with Crippen LogP contribution in [-0.4, -0.2) is 56.6 Å². The van der Waals surface area contributed by atoms with Crippen LogP contribution in [0.4, 0.5) is 5.82 Å². The van der Waals surface area contributed by atoms with Gasteiger partial charge in [-0.2, -0.15) is 5.10 Å². The lowest BCUT2D eigenvalue weighted by molar-refractivity contribution is 0.271.